The number of nitrogens with zero attached hydrogens (tertiary/aromatic N) is 2. The fourth-order valence-electron chi connectivity index (χ4n) is 1.57. The van der Waals surface area contributed by atoms with Gasteiger partial charge in [-0.1, -0.05) is 0 Å². The van der Waals surface area contributed by atoms with Crippen LogP contribution in [-0.2, 0) is 6.54 Å². The lowest BCUT2D eigenvalue weighted by molar-refractivity contribution is -0.154. The number of aromatic nitrogens is 1. The molecule has 0 spiro atoms. The number of hydrogen-bond acceptors (Lipinski definition) is 4. The summed E-state index contributed by atoms with van der Waals surface area (Å²) in [7, 11) is 1.66. The van der Waals surface area contributed by atoms with E-state index in [1.807, 2.05) is 6.26 Å². The van der Waals surface area contributed by atoms with E-state index < -0.39 is 12.8 Å². The van der Waals surface area contributed by atoms with Crippen molar-refractivity contribution in [1.82, 2.24) is 15.6 Å². The number of nitrogens with one attached hydrogen (secondary N) is 2. The molecule has 0 atom stereocenters. The summed E-state index contributed by atoms with van der Waals surface area (Å²) in [6.07, 6.45) is -0.932. The summed E-state index contributed by atoms with van der Waals surface area (Å²) >= 11 is 1.74. The molecule has 24 heavy (non-hydrogen) atoms. The fraction of sp³-hybridized carbons (Fsp3) is 0.600. The average molecular weight is 364 g/mol. The molecule has 5 nitrogen and oxygen atoms in total. The van der Waals surface area contributed by atoms with Crippen LogP contribution >= 0.6 is 11.8 Å². The van der Waals surface area contributed by atoms with Gasteiger partial charge in [0, 0.05) is 37.1 Å². The molecule has 1 aromatic heterocycles. The van der Waals surface area contributed by atoms with Crippen LogP contribution < -0.4 is 15.4 Å². The normalized spacial score (nSPS) is 12.9. The lowest BCUT2D eigenvalue weighted by atomic mass is 10.2. The molecule has 0 bridgehead atoms. The number of pyridine rings is 1. The quantitative estimate of drug-likeness (QED) is 0.576. The third-order valence-electron chi connectivity index (χ3n) is 3.10. The molecule has 1 heterocycles. The molecule has 0 aromatic carbocycles. The second-order valence-corrected chi connectivity index (χ2v) is 7.16. The summed E-state index contributed by atoms with van der Waals surface area (Å²) in [6, 6.07) is 3.17. The summed E-state index contributed by atoms with van der Waals surface area (Å²) in [5.41, 5.74) is 0.745. The maximum Gasteiger partial charge on any atom is 0.422 e. The smallest absolute Gasteiger partial charge is 0.422 e. The second kappa shape index (κ2) is 9.00. The third kappa shape index (κ3) is 8.28. The zero-order valence-electron chi connectivity index (χ0n) is 14.2. The van der Waals surface area contributed by atoms with E-state index in [1.54, 1.807) is 24.9 Å². The largest absolute Gasteiger partial charge is 0.468 e. The van der Waals surface area contributed by atoms with E-state index in [1.165, 1.54) is 12.3 Å². The Morgan fingerprint density at radius 1 is 1.33 bits per heavy atom. The first-order valence-corrected chi connectivity index (χ1v) is 8.52. The van der Waals surface area contributed by atoms with Crippen molar-refractivity contribution < 1.29 is 17.9 Å². The van der Waals surface area contributed by atoms with Gasteiger partial charge in [-0.2, -0.15) is 24.9 Å². The van der Waals surface area contributed by atoms with Crippen molar-refractivity contribution in [2.75, 3.05) is 26.5 Å². The van der Waals surface area contributed by atoms with E-state index in [0.717, 1.165) is 12.1 Å². The van der Waals surface area contributed by atoms with Gasteiger partial charge in [0.25, 0.3) is 0 Å². The van der Waals surface area contributed by atoms with E-state index in [-0.39, 0.29) is 10.6 Å². The van der Waals surface area contributed by atoms with E-state index >= 15 is 0 Å². The summed E-state index contributed by atoms with van der Waals surface area (Å²) in [6.45, 7) is 3.99. The van der Waals surface area contributed by atoms with Crippen molar-refractivity contribution in [1.29, 1.82) is 0 Å². The lowest BCUT2D eigenvalue weighted by Crippen LogP contribution is -2.42. The topological polar surface area (TPSA) is 58.5 Å². The van der Waals surface area contributed by atoms with Gasteiger partial charge < -0.3 is 15.4 Å². The molecular formula is C15H23F3N4OS. The predicted molar refractivity (Wildman–Crippen MR) is 91.6 cm³/mol. The second-order valence-electron chi connectivity index (χ2n) is 5.65. The van der Waals surface area contributed by atoms with Crippen molar-refractivity contribution in [2.45, 2.75) is 31.3 Å². The number of ether oxygens (including phenoxy) is 1. The van der Waals surface area contributed by atoms with Crippen LogP contribution in [0.2, 0.25) is 0 Å². The van der Waals surface area contributed by atoms with Crippen molar-refractivity contribution in [3.63, 3.8) is 0 Å². The van der Waals surface area contributed by atoms with Crippen LogP contribution in [0.15, 0.2) is 23.3 Å². The van der Waals surface area contributed by atoms with Crippen molar-refractivity contribution in [3.05, 3.63) is 23.9 Å². The van der Waals surface area contributed by atoms with Gasteiger partial charge >= 0.3 is 6.18 Å². The molecule has 1 aromatic rings. The van der Waals surface area contributed by atoms with E-state index in [2.05, 4.69) is 39.2 Å². The molecule has 9 heteroatoms. The highest BCUT2D eigenvalue weighted by atomic mass is 32.2. The van der Waals surface area contributed by atoms with Gasteiger partial charge in [-0.3, -0.25) is 4.99 Å². The Hall–Kier alpha value is -1.64. The maximum atomic E-state index is 12.2. The fourth-order valence-corrected chi connectivity index (χ4v) is 1.79. The number of hydrogen-bond donors (Lipinski definition) is 2. The van der Waals surface area contributed by atoms with Gasteiger partial charge in [-0.05, 0) is 31.7 Å². The van der Waals surface area contributed by atoms with E-state index in [9.17, 15) is 13.2 Å². The summed E-state index contributed by atoms with van der Waals surface area (Å²) in [4.78, 5) is 7.89. The molecule has 0 aliphatic carbocycles. The van der Waals surface area contributed by atoms with Crippen LogP contribution in [0.5, 0.6) is 5.88 Å². The van der Waals surface area contributed by atoms with Crippen molar-refractivity contribution >= 4 is 17.7 Å². The first-order valence-electron chi connectivity index (χ1n) is 7.29. The minimum Gasteiger partial charge on any atom is -0.468 e. The molecule has 0 fully saturated rings. The minimum absolute atomic E-state index is 0.0573. The van der Waals surface area contributed by atoms with Crippen LogP contribution in [0.3, 0.4) is 0 Å². The molecule has 0 amide bonds. The average Bonchev–Trinajstić information content (AvgIpc) is 2.53. The number of halogens is 3. The SMILES string of the molecule is CN=C(NCc1ccnc(OCC(F)(F)F)c1)NCC(C)(C)SC. The highest BCUT2D eigenvalue weighted by molar-refractivity contribution is 7.99. The molecule has 0 aliphatic rings. The molecule has 0 radical (unpaired) electrons. The van der Waals surface area contributed by atoms with Crippen LogP contribution in [0, 0.1) is 0 Å². The number of alkyl halides is 3. The number of rotatable bonds is 7. The Morgan fingerprint density at radius 3 is 2.62 bits per heavy atom. The van der Waals surface area contributed by atoms with Gasteiger partial charge in [-0.25, -0.2) is 4.98 Å². The Bertz CT molecular complexity index is 550. The zero-order valence-corrected chi connectivity index (χ0v) is 15.0. The predicted octanol–water partition coefficient (Wildman–Crippen LogP) is 2.83. The van der Waals surface area contributed by atoms with Crippen molar-refractivity contribution in [3.8, 4) is 5.88 Å². The summed E-state index contributed by atoms with van der Waals surface area (Å²) in [5, 5.41) is 6.32. The van der Waals surface area contributed by atoms with Crippen LogP contribution in [0.4, 0.5) is 13.2 Å². The third-order valence-corrected chi connectivity index (χ3v) is 4.35. The maximum absolute atomic E-state index is 12.2. The first-order chi connectivity index (χ1) is 11.1. The lowest BCUT2D eigenvalue weighted by Gasteiger charge is -2.23. The molecule has 136 valence electrons. The molecule has 0 unspecified atom stereocenters. The Balaban J connectivity index is 2.54. The molecule has 2 N–H and O–H groups in total. The van der Waals surface area contributed by atoms with Gasteiger partial charge in [0.05, 0.1) is 0 Å². The highest BCUT2D eigenvalue weighted by Crippen LogP contribution is 2.19. The van der Waals surface area contributed by atoms with Gasteiger partial charge in [-0.15, -0.1) is 0 Å². The minimum atomic E-state index is -4.38. The monoisotopic (exact) mass is 364 g/mol. The van der Waals surface area contributed by atoms with Crippen LogP contribution in [0.1, 0.15) is 19.4 Å². The van der Waals surface area contributed by atoms with Gasteiger partial charge in [0.2, 0.25) is 5.88 Å². The van der Waals surface area contributed by atoms with Crippen molar-refractivity contribution in [2.24, 2.45) is 4.99 Å². The molecule has 0 saturated heterocycles. The molecule has 1 rings (SSSR count). The van der Waals surface area contributed by atoms with E-state index in [4.69, 9.17) is 0 Å². The zero-order chi connectivity index (χ0) is 18.2. The molecule has 0 aliphatic heterocycles. The summed E-state index contributed by atoms with van der Waals surface area (Å²) in [5.74, 6) is 0.560. The standard InChI is InChI=1S/C15H23F3N4OS/c1-14(2,24-4)9-22-13(19-3)21-8-11-5-6-20-12(7-11)23-10-15(16,17)18/h5-7H,8-10H2,1-4H3,(H2,19,21,22). The molecule has 0 saturated carbocycles. The highest BCUT2D eigenvalue weighted by Gasteiger charge is 2.28. The van der Waals surface area contributed by atoms with Crippen LogP contribution in [-0.4, -0.2) is 48.3 Å². The van der Waals surface area contributed by atoms with E-state index in [0.29, 0.717) is 12.5 Å². The van der Waals surface area contributed by atoms with Gasteiger partial charge in [0.15, 0.2) is 12.6 Å². The van der Waals surface area contributed by atoms with Crippen LogP contribution in [0.25, 0.3) is 0 Å². The Morgan fingerprint density at radius 2 is 2.04 bits per heavy atom. The Kier molecular flexibility index (Phi) is 7.65. The summed E-state index contributed by atoms with van der Waals surface area (Å²) < 4.78 is 41.2. The number of aliphatic imine (C=N–C) groups is 1. The number of guanidine groups is 1. The Labute approximate surface area is 144 Å². The number of thioether (sulfide) groups is 1. The first kappa shape index (κ1) is 20.4. The van der Waals surface area contributed by atoms with Gasteiger partial charge in [0.1, 0.15) is 0 Å². The molecular weight excluding hydrogens is 341 g/mol.